The van der Waals surface area contributed by atoms with Gasteiger partial charge in [0.2, 0.25) is 6.79 Å². The summed E-state index contributed by atoms with van der Waals surface area (Å²) in [6.45, 7) is 0.895. The van der Waals surface area contributed by atoms with Gasteiger partial charge < -0.3 is 19.8 Å². The van der Waals surface area contributed by atoms with Gasteiger partial charge in [-0.1, -0.05) is 6.07 Å². The molecule has 0 saturated carbocycles. The lowest BCUT2D eigenvalue weighted by atomic mass is 10.1. The number of hydrogen-bond donors (Lipinski definition) is 2. The molecule has 3 heterocycles. The number of hydrogen-bond acceptors (Lipinski definition) is 6. The molecule has 0 atom stereocenters. The molecule has 7 nitrogen and oxygen atoms in total. The number of aromatic nitrogens is 4. The lowest BCUT2D eigenvalue weighted by Gasteiger charge is -2.10. The monoisotopic (exact) mass is 345 g/mol. The Balaban J connectivity index is 1.45. The highest BCUT2D eigenvalue weighted by Gasteiger charge is 2.13. The molecule has 4 aromatic rings. The molecule has 2 aromatic heterocycles. The van der Waals surface area contributed by atoms with E-state index in [1.807, 2.05) is 36.4 Å². The Morgan fingerprint density at radius 2 is 1.96 bits per heavy atom. The molecule has 0 amide bonds. The van der Waals surface area contributed by atoms with Crippen LogP contribution in [0.5, 0.6) is 11.5 Å². The highest BCUT2D eigenvalue weighted by molar-refractivity contribution is 5.91. The van der Waals surface area contributed by atoms with E-state index in [1.54, 1.807) is 18.7 Å². The fourth-order valence-corrected chi connectivity index (χ4v) is 3.00. The van der Waals surface area contributed by atoms with E-state index < -0.39 is 0 Å². The highest BCUT2D eigenvalue weighted by atomic mass is 16.7. The number of imidazole rings is 1. The van der Waals surface area contributed by atoms with Crippen molar-refractivity contribution in [1.29, 1.82) is 0 Å². The van der Waals surface area contributed by atoms with Crippen molar-refractivity contribution in [2.75, 3.05) is 12.1 Å². The first-order valence-electron chi connectivity index (χ1n) is 8.24. The Kier molecular flexibility index (Phi) is 3.41. The number of ether oxygens (including phenoxy) is 2. The smallest absolute Gasteiger partial charge is 0.231 e. The van der Waals surface area contributed by atoms with Crippen LogP contribution in [0.1, 0.15) is 5.56 Å². The van der Waals surface area contributed by atoms with E-state index in [2.05, 4.69) is 25.3 Å². The minimum atomic E-state index is 0.276. The Morgan fingerprint density at radius 1 is 1.00 bits per heavy atom. The van der Waals surface area contributed by atoms with Crippen molar-refractivity contribution in [2.24, 2.45) is 0 Å². The van der Waals surface area contributed by atoms with Crippen LogP contribution in [-0.4, -0.2) is 26.7 Å². The van der Waals surface area contributed by atoms with E-state index in [4.69, 9.17) is 9.47 Å². The fraction of sp³-hybridized carbons (Fsp3) is 0.105. The van der Waals surface area contributed by atoms with E-state index in [0.29, 0.717) is 6.54 Å². The van der Waals surface area contributed by atoms with Crippen molar-refractivity contribution in [2.45, 2.75) is 6.54 Å². The van der Waals surface area contributed by atoms with E-state index in [1.165, 1.54) is 0 Å². The van der Waals surface area contributed by atoms with Crippen LogP contribution in [-0.2, 0) is 6.54 Å². The van der Waals surface area contributed by atoms with Gasteiger partial charge >= 0.3 is 0 Å². The fourth-order valence-electron chi connectivity index (χ4n) is 3.00. The van der Waals surface area contributed by atoms with E-state index in [0.717, 1.165) is 45.2 Å². The molecule has 5 rings (SSSR count). The van der Waals surface area contributed by atoms with Crippen LogP contribution >= 0.6 is 0 Å². The zero-order valence-electron chi connectivity index (χ0n) is 13.8. The van der Waals surface area contributed by atoms with Gasteiger partial charge in [0.05, 0.1) is 5.52 Å². The van der Waals surface area contributed by atoms with Crippen molar-refractivity contribution >= 4 is 16.7 Å². The molecule has 7 heteroatoms. The second-order valence-corrected chi connectivity index (χ2v) is 5.93. The minimum Gasteiger partial charge on any atom is -0.454 e. The molecule has 0 bridgehead atoms. The summed E-state index contributed by atoms with van der Waals surface area (Å²) >= 11 is 0. The Morgan fingerprint density at radius 3 is 2.88 bits per heavy atom. The number of rotatable bonds is 4. The summed E-state index contributed by atoms with van der Waals surface area (Å²) in [6, 6.07) is 11.9. The summed E-state index contributed by atoms with van der Waals surface area (Å²) in [5.74, 6) is 3.15. The number of benzene rings is 2. The molecule has 0 fully saturated rings. The summed E-state index contributed by atoms with van der Waals surface area (Å²) in [4.78, 5) is 16.2. The van der Waals surface area contributed by atoms with E-state index in [-0.39, 0.29) is 6.79 Å². The number of fused-ring (bicyclic) bond motifs is 2. The second kappa shape index (κ2) is 6.03. The average Bonchev–Trinajstić information content (AvgIpc) is 3.37. The number of nitrogens with zero attached hydrogens (tertiary/aromatic N) is 3. The predicted octanol–water partition coefficient (Wildman–Crippen LogP) is 3.36. The van der Waals surface area contributed by atoms with Crippen LogP contribution in [0.3, 0.4) is 0 Å². The van der Waals surface area contributed by atoms with Crippen LogP contribution in [0.2, 0.25) is 0 Å². The van der Waals surface area contributed by atoms with Gasteiger partial charge in [0.15, 0.2) is 11.5 Å². The van der Waals surface area contributed by atoms with Crippen molar-refractivity contribution in [1.82, 2.24) is 19.9 Å². The number of anilines is 1. The lowest BCUT2D eigenvalue weighted by Crippen LogP contribution is -2.02. The first-order valence-corrected chi connectivity index (χ1v) is 8.24. The van der Waals surface area contributed by atoms with Crippen LogP contribution in [0, 0.1) is 0 Å². The molecule has 0 aliphatic carbocycles. The molecule has 1 aliphatic rings. The van der Waals surface area contributed by atoms with Crippen LogP contribution in [0.4, 0.5) is 5.82 Å². The molecule has 26 heavy (non-hydrogen) atoms. The van der Waals surface area contributed by atoms with Gasteiger partial charge in [0.25, 0.3) is 0 Å². The van der Waals surface area contributed by atoms with Crippen molar-refractivity contribution < 1.29 is 9.47 Å². The van der Waals surface area contributed by atoms with Gasteiger partial charge in [-0.05, 0) is 35.9 Å². The molecular formula is C19H15N5O2. The summed E-state index contributed by atoms with van der Waals surface area (Å²) in [6.07, 6.45) is 5.11. The van der Waals surface area contributed by atoms with Crippen molar-refractivity contribution in [3.05, 3.63) is 60.7 Å². The molecule has 128 valence electrons. The van der Waals surface area contributed by atoms with Gasteiger partial charge in [-0.3, -0.25) is 0 Å². The number of nitrogens with one attached hydrogen (secondary N) is 2. The summed E-state index contributed by atoms with van der Waals surface area (Å²) in [7, 11) is 0. The lowest BCUT2D eigenvalue weighted by molar-refractivity contribution is 0.174. The molecule has 0 radical (unpaired) electrons. The third-order valence-corrected chi connectivity index (χ3v) is 4.30. The summed E-state index contributed by atoms with van der Waals surface area (Å²) in [5.41, 5.74) is 2.95. The van der Waals surface area contributed by atoms with Crippen molar-refractivity contribution in [3.8, 4) is 22.9 Å². The molecule has 0 unspecified atom stereocenters. The zero-order valence-corrected chi connectivity index (χ0v) is 13.8. The van der Waals surface area contributed by atoms with Gasteiger partial charge in [0, 0.05) is 29.9 Å². The summed E-state index contributed by atoms with van der Waals surface area (Å²) in [5, 5.41) is 4.34. The van der Waals surface area contributed by atoms with Gasteiger partial charge in [-0.2, -0.15) is 0 Å². The SMILES string of the molecule is c1c[nH]c(-c2ccc3ncnc(NCc4ccc5c(c4)OCO5)c3c2)n1. The quantitative estimate of drug-likeness (QED) is 0.590. The maximum absolute atomic E-state index is 5.43. The average molecular weight is 345 g/mol. The first kappa shape index (κ1) is 14.7. The van der Waals surface area contributed by atoms with Gasteiger partial charge in [0.1, 0.15) is 18.0 Å². The topological polar surface area (TPSA) is 85.0 Å². The molecule has 2 aromatic carbocycles. The van der Waals surface area contributed by atoms with Crippen LogP contribution in [0.15, 0.2) is 55.1 Å². The number of H-pyrrole nitrogens is 1. The highest BCUT2D eigenvalue weighted by Crippen LogP contribution is 2.33. The molecular weight excluding hydrogens is 330 g/mol. The standard InChI is InChI=1S/C19H15N5O2/c1-4-16-17(26-11-25-16)7-12(1)9-22-19-14-8-13(18-20-5-6-21-18)2-3-15(14)23-10-24-19/h1-8,10H,9,11H2,(H,20,21)(H,22,23,24). The third-order valence-electron chi connectivity index (χ3n) is 4.30. The van der Waals surface area contributed by atoms with Gasteiger partial charge in [-0.15, -0.1) is 0 Å². The summed E-state index contributed by atoms with van der Waals surface area (Å²) < 4.78 is 10.8. The number of aromatic amines is 1. The largest absolute Gasteiger partial charge is 0.454 e. The second-order valence-electron chi connectivity index (χ2n) is 5.93. The van der Waals surface area contributed by atoms with E-state index >= 15 is 0 Å². The maximum atomic E-state index is 5.43. The molecule has 0 saturated heterocycles. The first-order chi connectivity index (χ1) is 12.9. The van der Waals surface area contributed by atoms with Crippen LogP contribution < -0.4 is 14.8 Å². The van der Waals surface area contributed by atoms with E-state index in [9.17, 15) is 0 Å². The Bertz CT molecular complexity index is 1080. The maximum Gasteiger partial charge on any atom is 0.231 e. The van der Waals surface area contributed by atoms with Gasteiger partial charge in [-0.25, -0.2) is 15.0 Å². The van der Waals surface area contributed by atoms with Crippen LogP contribution in [0.25, 0.3) is 22.3 Å². The van der Waals surface area contributed by atoms with Crippen molar-refractivity contribution in [3.63, 3.8) is 0 Å². The third kappa shape index (κ3) is 2.59. The predicted molar refractivity (Wildman–Crippen MR) is 97.0 cm³/mol. The minimum absolute atomic E-state index is 0.276. The Labute approximate surface area is 149 Å². The molecule has 0 spiro atoms. The normalized spacial score (nSPS) is 12.5. The molecule has 2 N–H and O–H groups in total. The zero-order chi connectivity index (χ0) is 17.3. The Hall–Kier alpha value is -3.61. The molecule has 1 aliphatic heterocycles.